The molecule has 1 aromatic rings. The van der Waals surface area contributed by atoms with Crippen molar-refractivity contribution in [3.63, 3.8) is 0 Å². The fourth-order valence-electron chi connectivity index (χ4n) is 1.54. The molecule has 0 amide bonds. The van der Waals surface area contributed by atoms with Crippen LogP contribution in [0.5, 0.6) is 0 Å². The second kappa shape index (κ2) is 6.03. The third-order valence-corrected chi connectivity index (χ3v) is 3.01. The number of furan rings is 1. The van der Waals surface area contributed by atoms with Crippen LogP contribution in [-0.4, -0.2) is 22.4 Å². The van der Waals surface area contributed by atoms with Crippen LogP contribution in [0, 0.1) is 0 Å². The number of hydrogen-bond donors (Lipinski definition) is 3. The predicted octanol–water partition coefficient (Wildman–Crippen LogP) is 1.41. The Labute approximate surface area is 96.3 Å². The largest absolute Gasteiger partial charge is 0.462 e. The van der Waals surface area contributed by atoms with Gasteiger partial charge in [-0.15, -0.1) is 0 Å². The van der Waals surface area contributed by atoms with Gasteiger partial charge in [-0.2, -0.15) is 0 Å². The average Bonchev–Trinajstić information content (AvgIpc) is 2.75. The lowest BCUT2D eigenvalue weighted by Crippen LogP contribution is -2.41. The molecule has 0 aliphatic rings. The van der Waals surface area contributed by atoms with E-state index < -0.39 is 0 Å². The van der Waals surface area contributed by atoms with Crippen LogP contribution in [0.1, 0.15) is 38.2 Å². The van der Waals surface area contributed by atoms with E-state index >= 15 is 0 Å². The van der Waals surface area contributed by atoms with Gasteiger partial charge in [0.1, 0.15) is 18.1 Å². The van der Waals surface area contributed by atoms with Gasteiger partial charge in [-0.25, -0.2) is 0 Å². The van der Waals surface area contributed by atoms with Crippen LogP contribution in [0.15, 0.2) is 16.5 Å². The van der Waals surface area contributed by atoms with E-state index in [-0.39, 0.29) is 18.8 Å². The van der Waals surface area contributed by atoms with E-state index in [0.717, 1.165) is 18.6 Å². The summed E-state index contributed by atoms with van der Waals surface area (Å²) >= 11 is 0. The first-order valence-electron chi connectivity index (χ1n) is 5.68. The fraction of sp³-hybridized carbons (Fsp3) is 0.667. The van der Waals surface area contributed by atoms with E-state index in [0.29, 0.717) is 12.3 Å². The van der Waals surface area contributed by atoms with Crippen LogP contribution in [0.4, 0.5) is 0 Å². The van der Waals surface area contributed by atoms with Crippen LogP contribution < -0.4 is 5.32 Å². The van der Waals surface area contributed by atoms with Gasteiger partial charge in [-0.1, -0.05) is 6.92 Å². The van der Waals surface area contributed by atoms with Crippen molar-refractivity contribution in [3.05, 3.63) is 23.7 Å². The van der Waals surface area contributed by atoms with Crippen LogP contribution in [0.3, 0.4) is 0 Å². The molecule has 4 nitrogen and oxygen atoms in total. The zero-order valence-corrected chi connectivity index (χ0v) is 9.99. The maximum atomic E-state index is 8.98. The molecule has 0 aliphatic carbocycles. The van der Waals surface area contributed by atoms with Crippen LogP contribution in [0.2, 0.25) is 0 Å². The van der Waals surface area contributed by atoms with Gasteiger partial charge >= 0.3 is 0 Å². The SMILES string of the molecule is CCC(C)(CCO)NCc1ccc(CO)o1. The molecule has 0 saturated heterocycles. The van der Waals surface area contributed by atoms with Crippen molar-refractivity contribution in [3.8, 4) is 0 Å². The Morgan fingerprint density at radius 1 is 1.31 bits per heavy atom. The van der Waals surface area contributed by atoms with Crippen molar-refractivity contribution < 1.29 is 14.6 Å². The second-order valence-electron chi connectivity index (χ2n) is 4.27. The van der Waals surface area contributed by atoms with Crippen molar-refractivity contribution in [1.29, 1.82) is 0 Å². The summed E-state index contributed by atoms with van der Waals surface area (Å²) in [5, 5.41) is 21.2. The molecule has 92 valence electrons. The zero-order chi connectivity index (χ0) is 12.0. The summed E-state index contributed by atoms with van der Waals surface area (Å²) in [5.41, 5.74) is -0.0685. The Morgan fingerprint density at radius 2 is 2.00 bits per heavy atom. The topological polar surface area (TPSA) is 65.6 Å². The summed E-state index contributed by atoms with van der Waals surface area (Å²) < 4.78 is 5.38. The molecule has 0 radical (unpaired) electrons. The number of aliphatic hydroxyl groups is 2. The van der Waals surface area contributed by atoms with Gasteiger partial charge in [-0.3, -0.25) is 0 Å². The van der Waals surface area contributed by atoms with Gasteiger partial charge in [0.15, 0.2) is 0 Å². The van der Waals surface area contributed by atoms with Gasteiger partial charge in [0.2, 0.25) is 0 Å². The highest BCUT2D eigenvalue weighted by atomic mass is 16.4. The lowest BCUT2D eigenvalue weighted by atomic mass is 9.95. The molecule has 1 heterocycles. The van der Waals surface area contributed by atoms with Crippen molar-refractivity contribution >= 4 is 0 Å². The monoisotopic (exact) mass is 227 g/mol. The third kappa shape index (κ3) is 3.63. The molecule has 0 aromatic carbocycles. The summed E-state index contributed by atoms with van der Waals surface area (Å²) in [6.45, 7) is 4.90. The number of aliphatic hydroxyl groups excluding tert-OH is 2. The highest BCUT2D eigenvalue weighted by Gasteiger charge is 2.20. The molecule has 1 unspecified atom stereocenters. The molecule has 3 N–H and O–H groups in total. The molecule has 1 atom stereocenters. The first-order chi connectivity index (χ1) is 7.63. The van der Waals surface area contributed by atoms with Gasteiger partial charge in [-0.05, 0) is 31.9 Å². The third-order valence-electron chi connectivity index (χ3n) is 3.01. The standard InChI is InChI=1S/C12H21NO3/c1-3-12(2,6-7-14)13-8-10-4-5-11(9-15)16-10/h4-5,13-15H,3,6-9H2,1-2H3. The molecule has 0 saturated carbocycles. The van der Waals surface area contributed by atoms with Crippen molar-refractivity contribution in [2.45, 2.75) is 45.4 Å². The van der Waals surface area contributed by atoms with Gasteiger partial charge < -0.3 is 19.9 Å². The molecular formula is C12H21NO3. The maximum Gasteiger partial charge on any atom is 0.129 e. The summed E-state index contributed by atoms with van der Waals surface area (Å²) in [4.78, 5) is 0. The molecular weight excluding hydrogens is 206 g/mol. The number of hydrogen-bond acceptors (Lipinski definition) is 4. The maximum absolute atomic E-state index is 8.98. The van der Waals surface area contributed by atoms with E-state index in [1.54, 1.807) is 6.07 Å². The Morgan fingerprint density at radius 3 is 2.50 bits per heavy atom. The summed E-state index contributed by atoms with van der Waals surface area (Å²) in [6, 6.07) is 3.62. The predicted molar refractivity (Wildman–Crippen MR) is 61.9 cm³/mol. The van der Waals surface area contributed by atoms with Crippen molar-refractivity contribution in [1.82, 2.24) is 5.32 Å². The minimum Gasteiger partial charge on any atom is -0.462 e. The zero-order valence-electron chi connectivity index (χ0n) is 9.99. The summed E-state index contributed by atoms with van der Waals surface area (Å²) in [5.74, 6) is 1.39. The molecule has 16 heavy (non-hydrogen) atoms. The fourth-order valence-corrected chi connectivity index (χ4v) is 1.54. The molecule has 0 spiro atoms. The minimum atomic E-state index is -0.0685. The van der Waals surface area contributed by atoms with Crippen LogP contribution >= 0.6 is 0 Å². The summed E-state index contributed by atoms with van der Waals surface area (Å²) in [6.07, 6.45) is 1.66. The normalized spacial score (nSPS) is 15.0. The smallest absolute Gasteiger partial charge is 0.129 e. The first kappa shape index (κ1) is 13.2. The van der Waals surface area contributed by atoms with Crippen molar-refractivity contribution in [2.24, 2.45) is 0 Å². The molecule has 4 heteroatoms. The number of nitrogens with one attached hydrogen (secondary N) is 1. The Bertz CT molecular complexity index is 311. The first-order valence-corrected chi connectivity index (χ1v) is 5.68. The van der Waals surface area contributed by atoms with E-state index in [1.165, 1.54) is 0 Å². The highest BCUT2D eigenvalue weighted by molar-refractivity contribution is 5.06. The Hall–Kier alpha value is -0.840. The molecule has 0 fully saturated rings. The van der Waals surface area contributed by atoms with Crippen molar-refractivity contribution in [2.75, 3.05) is 6.61 Å². The molecule has 1 aromatic heterocycles. The second-order valence-corrected chi connectivity index (χ2v) is 4.27. The molecule has 0 bridgehead atoms. The Kier molecular flexibility index (Phi) is 4.99. The minimum absolute atomic E-state index is 0.0678. The Balaban J connectivity index is 2.48. The average molecular weight is 227 g/mol. The van der Waals surface area contributed by atoms with Gasteiger partial charge in [0.05, 0.1) is 6.54 Å². The van der Waals surface area contributed by atoms with Gasteiger partial charge in [0, 0.05) is 12.1 Å². The van der Waals surface area contributed by atoms with Crippen LogP contribution in [0.25, 0.3) is 0 Å². The quantitative estimate of drug-likeness (QED) is 0.659. The number of rotatable bonds is 7. The summed E-state index contributed by atoms with van der Waals surface area (Å²) in [7, 11) is 0. The van der Waals surface area contributed by atoms with Crippen LogP contribution in [-0.2, 0) is 13.2 Å². The molecule has 0 aliphatic heterocycles. The van der Waals surface area contributed by atoms with E-state index in [9.17, 15) is 0 Å². The highest BCUT2D eigenvalue weighted by Crippen LogP contribution is 2.15. The lowest BCUT2D eigenvalue weighted by Gasteiger charge is -2.28. The van der Waals surface area contributed by atoms with E-state index in [4.69, 9.17) is 14.6 Å². The molecule has 1 rings (SSSR count). The van der Waals surface area contributed by atoms with Gasteiger partial charge in [0.25, 0.3) is 0 Å². The van der Waals surface area contributed by atoms with E-state index in [1.807, 2.05) is 6.07 Å². The van der Waals surface area contributed by atoms with E-state index in [2.05, 4.69) is 19.2 Å². The lowest BCUT2D eigenvalue weighted by molar-refractivity contribution is 0.208.